The first kappa shape index (κ1) is 11.7. The normalized spacial score (nSPS) is 17.2. The Labute approximate surface area is 99.8 Å². The number of hydrogen-bond acceptors (Lipinski definition) is 3. The molecule has 1 aromatic rings. The van der Waals surface area contributed by atoms with Crippen molar-refractivity contribution in [2.75, 3.05) is 0 Å². The standard InChI is InChI=1S/C14H14O3/c1-9(15)10-2-4-11(5-3-10)12-6-13(16)8-14(17)7-12/h2-5,12H,6-8H2,1H3. The van der Waals surface area contributed by atoms with Gasteiger partial charge in [-0.2, -0.15) is 0 Å². The molecule has 88 valence electrons. The van der Waals surface area contributed by atoms with E-state index in [2.05, 4.69) is 0 Å². The molecule has 0 amide bonds. The van der Waals surface area contributed by atoms with Crippen molar-refractivity contribution in [3.05, 3.63) is 35.4 Å². The van der Waals surface area contributed by atoms with E-state index in [4.69, 9.17) is 0 Å². The molecule has 1 aromatic carbocycles. The highest BCUT2D eigenvalue weighted by molar-refractivity contribution is 6.02. The second-order valence-electron chi connectivity index (χ2n) is 4.54. The van der Waals surface area contributed by atoms with Gasteiger partial charge in [-0.15, -0.1) is 0 Å². The lowest BCUT2D eigenvalue weighted by Gasteiger charge is -2.20. The number of rotatable bonds is 2. The van der Waals surface area contributed by atoms with Crippen molar-refractivity contribution in [1.82, 2.24) is 0 Å². The van der Waals surface area contributed by atoms with Crippen molar-refractivity contribution >= 4 is 17.3 Å². The highest BCUT2D eigenvalue weighted by Gasteiger charge is 2.26. The van der Waals surface area contributed by atoms with E-state index in [1.807, 2.05) is 12.1 Å². The average Bonchev–Trinajstić information content (AvgIpc) is 2.28. The highest BCUT2D eigenvalue weighted by atomic mass is 16.1. The van der Waals surface area contributed by atoms with Crippen LogP contribution in [0.4, 0.5) is 0 Å². The van der Waals surface area contributed by atoms with E-state index in [9.17, 15) is 14.4 Å². The van der Waals surface area contributed by atoms with E-state index < -0.39 is 0 Å². The number of benzene rings is 1. The molecule has 1 aliphatic rings. The smallest absolute Gasteiger partial charge is 0.159 e. The minimum Gasteiger partial charge on any atom is -0.299 e. The van der Waals surface area contributed by atoms with Crippen LogP contribution in [0.5, 0.6) is 0 Å². The lowest BCUT2D eigenvalue weighted by Crippen LogP contribution is -2.21. The first-order valence-corrected chi connectivity index (χ1v) is 5.70. The summed E-state index contributed by atoms with van der Waals surface area (Å²) < 4.78 is 0. The van der Waals surface area contributed by atoms with E-state index in [1.54, 1.807) is 12.1 Å². The number of Topliss-reactive ketones (excluding diaryl/α,β-unsaturated/α-hetero) is 3. The van der Waals surface area contributed by atoms with E-state index in [0.717, 1.165) is 5.56 Å². The summed E-state index contributed by atoms with van der Waals surface area (Å²) in [7, 11) is 0. The zero-order chi connectivity index (χ0) is 12.4. The minimum atomic E-state index is -0.00948. The largest absolute Gasteiger partial charge is 0.299 e. The molecule has 0 aromatic heterocycles. The zero-order valence-electron chi connectivity index (χ0n) is 9.73. The van der Waals surface area contributed by atoms with Gasteiger partial charge in [-0.3, -0.25) is 14.4 Å². The molecule has 0 aliphatic heterocycles. The second kappa shape index (κ2) is 4.62. The SMILES string of the molecule is CC(=O)c1ccc(C2CC(=O)CC(=O)C2)cc1. The fourth-order valence-corrected chi connectivity index (χ4v) is 2.21. The summed E-state index contributed by atoms with van der Waals surface area (Å²) in [4.78, 5) is 33.8. The monoisotopic (exact) mass is 230 g/mol. The molecular formula is C14H14O3. The van der Waals surface area contributed by atoms with Crippen molar-refractivity contribution in [3.63, 3.8) is 0 Å². The van der Waals surface area contributed by atoms with E-state index in [0.29, 0.717) is 18.4 Å². The fraction of sp³-hybridized carbons (Fsp3) is 0.357. The molecule has 2 rings (SSSR count). The third-order valence-corrected chi connectivity index (χ3v) is 3.13. The molecule has 3 nitrogen and oxygen atoms in total. The molecule has 17 heavy (non-hydrogen) atoms. The lowest BCUT2D eigenvalue weighted by atomic mass is 9.82. The summed E-state index contributed by atoms with van der Waals surface area (Å²) >= 11 is 0. The second-order valence-corrected chi connectivity index (χ2v) is 4.54. The Morgan fingerprint density at radius 3 is 2.06 bits per heavy atom. The first-order valence-electron chi connectivity index (χ1n) is 5.70. The molecule has 0 bridgehead atoms. The van der Waals surface area contributed by atoms with Crippen LogP contribution in [0, 0.1) is 0 Å². The van der Waals surface area contributed by atoms with Gasteiger partial charge in [0.2, 0.25) is 0 Å². The molecule has 0 heterocycles. The van der Waals surface area contributed by atoms with Crippen molar-refractivity contribution in [2.45, 2.75) is 32.1 Å². The third kappa shape index (κ3) is 2.67. The average molecular weight is 230 g/mol. The van der Waals surface area contributed by atoms with Gasteiger partial charge in [-0.05, 0) is 18.4 Å². The van der Waals surface area contributed by atoms with Crippen molar-refractivity contribution in [3.8, 4) is 0 Å². The molecule has 1 aliphatic carbocycles. The van der Waals surface area contributed by atoms with Gasteiger partial charge in [0.1, 0.15) is 11.6 Å². The molecule has 0 N–H and O–H groups in total. The molecule has 1 fully saturated rings. The van der Waals surface area contributed by atoms with Crippen LogP contribution < -0.4 is 0 Å². The quantitative estimate of drug-likeness (QED) is 0.578. The maximum Gasteiger partial charge on any atom is 0.159 e. The van der Waals surface area contributed by atoms with Crippen molar-refractivity contribution < 1.29 is 14.4 Å². The van der Waals surface area contributed by atoms with Gasteiger partial charge < -0.3 is 0 Å². The van der Waals surface area contributed by atoms with Crippen LogP contribution in [0.25, 0.3) is 0 Å². The van der Waals surface area contributed by atoms with Gasteiger partial charge in [0.15, 0.2) is 5.78 Å². The van der Waals surface area contributed by atoms with Gasteiger partial charge >= 0.3 is 0 Å². The zero-order valence-corrected chi connectivity index (χ0v) is 9.73. The molecule has 1 saturated carbocycles. The number of ketones is 3. The summed E-state index contributed by atoms with van der Waals surface area (Å²) in [6, 6.07) is 7.18. The van der Waals surface area contributed by atoms with Crippen LogP contribution in [0.15, 0.2) is 24.3 Å². The number of carbonyl (C=O) groups is 3. The first-order chi connectivity index (χ1) is 8.06. The van der Waals surface area contributed by atoms with Crippen LogP contribution in [0.2, 0.25) is 0 Å². The van der Waals surface area contributed by atoms with Crippen LogP contribution >= 0.6 is 0 Å². The van der Waals surface area contributed by atoms with E-state index in [1.165, 1.54) is 6.92 Å². The molecular weight excluding hydrogens is 216 g/mol. The number of carbonyl (C=O) groups excluding carboxylic acids is 3. The Morgan fingerprint density at radius 1 is 1.06 bits per heavy atom. The lowest BCUT2D eigenvalue weighted by molar-refractivity contribution is -0.130. The summed E-state index contributed by atoms with van der Waals surface area (Å²) in [5.41, 5.74) is 1.62. The number of hydrogen-bond donors (Lipinski definition) is 0. The maximum atomic E-state index is 11.4. The Kier molecular flexibility index (Phi) is 3.18. The topological polar surface area (TPSA) is 51.2 Å². The van der Waals surface area contributed by atoms with Gasteiger partial charge in [0.05, 0.1) is 6.42 Å². The van der Waals surface area contributed by atoms with Gasteiger partial charge in [-0.1, -0.05) is 24.3 Å². The van der Waals surface area contributed by atoms with Crippen LogP contribution in [0.1, 0.15) is 48.0 Å². The molecule has 0 radical (unpaired) electrons. The minimum absolute atomic E-state index is 0.00948. The van der Waals surface area contributed by atoms with Crippen LogP contribution in [-0.4, -0.2) is 17.3 Å². The molecule has 0 unspecified atom stereocenters. The summed E-state index contributed by atoms with van der Waals surface area (Å²) in [5, 5.41) is 0. The van der Waals surface area contributed by atoms with Crippen LogP contribution in [-0.2, 0) is 9.59 Å². The van der Waals surface area contributed by atoms with Gasteiger partial charge in [0, 0.05) is 18.4 Å². The summed E-state index contributed by atoms with van der Waals surface area (Å²) in [6.07, 6.45) is 0.957. The molecule has 0 spiro atoms. The Hall–Kier alpha value is -1.77. The fourth-order valence-electron chi connectivity index (χ4n) is 2.21. The van der Waals surface area contributed by atoms with Crippen molar-refractivity contribution in [2.24, 2.45) is 0 Å². The van der Waals surface area contributed by atoms with Crippen molar-refractivity contribution in [1.29, 1.82) is 0 Å². The van der Waals surface area contributed by atoms with E-state index in [-0.39, 0.29) is 29.7 Å². The van der Waals surface area contributed by atoms with Gasteiger partial charge in [-0.25, -0.2) is 0 Å². The van der Waals surface area contributed by atoms with E-state index >= 15 is 0 Å². The van der Waals surface area contributed by atoms with Gasteiger partial charge in [0.25, 0.3) is 0 Å². The predicted molar refractivity (Wildman–Crippen MR) is 63.1 cm³/mol. The summed E-state index contributed by atoms with van der Waals surface area (Å²) in [6.45, 7) is 1.52. The Balaban J connectivity index is 2.19. The maximum absolute atomic E-state index is 11.4. The molecule has 0 saturated heterocycles. The Bertz CT molecular complexity index is 455. The summed E-state index contributed by atoms with van der Waals surface area (Å²) in [5.74, 6) is 0.0425. The molecule has 0 atom stereocenters. The Morgan fingerprint density at radius 2 is 1.59 bits per heavy atom. The predicted octanol–water partition coefficient (Wildman–Crippen LogP) is 2.29. The third-order valence-electron chi connectivity index (χ3n) is 3.13. The van der Waals surface area contributed by atoms with Crippen LogP contribution in [0.3, 0.4) is 0 Å². The molecule has 3 heteroatoms. The highest BCUT2D eigenvalue weighted by Crippen LogP contribution is 2.29.